The first-order valence-corrected chi connectivity index (χ1v) is 5.46. The fourth-order valence-corrected chi connectivity index (χ4v) is 2.11. The molecule has 1 heteroatoms. The van der Waals surface area contributed by atoms with E-state index in [-0.39, 0.29) is 0 Å². The summed E-state index contributed by atoms with van der Waals surface area (Å²) in [4.78, 5) is 0. The molecular formula is C14H17N. The Morgan fingerprint density at radius 1 is 1.27 bits per heavy atom. The number of hydrogen-bond donors (Lipinski definition) is 1. The van der Waals surface area contributed by atoms with Crippen LogP contribution in [0.1, 0.15) is 24.0 Å². The molecule has 0 bridgehead atoms. The first-order chi connectivity index (χ1) is 7.33. The van der Waals surface area contributed by atoms with Gasteiger partial charge in [0, 0.05) is 18.3 Å². The summed E-state index contributed by atoms with van der Waals surface area (Å²) in [6.07, 6.45) is 8.91. The van der Waals surface area contributed by atoms with Gasteiger partial charge in [0.15, 0.2) is 0 Å². The lowest BCUT2D eigenvalue weighted by Crippen LogP contribution is -1.98. The van der Waals surface area contributed by atoms with Crippen molar-refractivity contribution in [3.8, 4) is 0 Å². The molecule has 0 unspecified atom stereocenters. The zero-order valence-electron chi connectivity index (χ0n) is 9.38. The summed E-state index contributed by atoms with van der Waals surface area (Å²) < 4.78 is 0. The van der Waals surface area contributed by atoms with E-state index in [1.807, 2.05) is 7.05 Å². The van der Waals surface area contributed by atoms with Gasteiger partial charge < -0.3 is 5.32 Å². The molecule has 0 fully saturated rings. The van der Waals surface area contributed by atoms with E-state index in [1.165, 1.54) is 22.4 Å². The Morgan fingerprint density at radius 3 is 2.80 bits per heavy atom. The van der Waals surface area contributed by atoms with Crippen molar-refractivity contribution in [2.45, 2.75) is 19.8 Å². The number of rotatable bonds is 2. The van der Waals surface area contributed by atoms with E-state index in [1.54, 1.807) is 0 Å². The normalized spacial score (nSPS) is 14.9. The van der Waals surface area contributed by atoms with Crippen LogP contribution >= 0.6 is 0 Å². The molecule has 0 radical (unpaired) electrons. The largest absolute Gasteiger partial charge is 0.388 e. The molecule has 0 spiro atoms. The minimum Gasteiger partial charge on any atom is -0.388 e. The molecule has 0 amide bonds. The third-order valence-corrected chi connectivity index (χ3v) is 2.88. The SMILES string of the molecule is CNc1cccc(C)c1C1=CC=CCC1. The minimum atomic E-state index is 1.15. The van der Waals surface area contributed by atoms with Crippen molar-refractivity contribution in [3.63, 3.8) is 0 Å². The predicted molar refractivity (Wildman–Crippen MR) is 67.1 cm³/mol. The number of anilines is 1. The molecule has 1 aliphatic carbocycles. The number of nitrogens with one attached hydrogen (secondary N) is 1. The minimum absolute atomic E-state index is 1.15. The average Bonchev–Trinajstić information content (AvgIpc) is 2.29. The van der Waals surface area contributed by atoms with Crippen LogP contribution in [0.5, 0.6) is 0 Å². The lowest BCUT2D eigenvalue weighted by atomic mass is 9.92. The van der Waals surface area contributed by atoms with E-state index in [0.717, 1.165) is 12.8 Å². The Balaban J connectivity index is 2.50. The van der Waals surface area contributed by atoms with Crippen molar-refractivity contribution < 1.29 is 0 Å². The van der Waals surface area contributed by atoms with Crippen molar-refractivity contribution in [1.29, 1.82) is 0 Å². The molecule has 1 aromatic rings. The van der Waals surface area contributed by atoms with Crippen molar-refractivity contribution in [3.05, 3.63) is 47.6 Å². The average molecular weight is 199 g/mol. The Bertz CT molecular complexity index is 413. The Labute approximate surface area is 91.5 Å². The van der Waals surface area contributed by atoms with Crippen LogP contribution in [0.15, 0.2) is 36.4 Å². The van der Waals surface area contributed by atoms with Gasteiger partial charge in [0.1, 0.15) is 0 Å². The zero-order chi connectivity index (χ0) is 10.7. The summed E-state index contributed by atoms with van der Waals surface area (Å²) in [7, 11) is 1.98. The molecule has 0 heterocycles. The molecule has 1 aromatic carbocycles. The summed E-state index contributed by atoms with van der Waals surface area (Å²) in [5.41, 5.74) is 5.41. The highest BCUT2D eigenvalue weighted by atomic mass is 14.8. The fraction of sp³-hybridized carbons (Fsp3) is 0.286. The van der Waals surface area contributed by atoms with Gasteiger partial charge in [0.2, 0.25) is 0 Å². The van der Waals surface area contributed by atoms with Crippen molar-refractivity contribution in [2.24, 2.45) is 0 Å². The second kappa shape index (κ2) is 4.35. The van der Waals surface area contributed by atoms with Crippen molar-refractivity contribution in [1.82, 2.24) is 0 Å². The van der Waals surface area contributed by atoms with E-state index < -0.39 is 0 Å². The van der Waals surface area contributed by atoms with Gasteiger partial charge in [0.25, 0.3) is 0 Å². The van der Waals surface area contributed by atoms with Crippen LogP contribution in [0.4, 0.5) is 5.69 Å². The summed E-state index contributed by atoms with van der Waals surface area (Å²) in [6, 6.07) is 6.42. The van der Waals surface area contributed by atoms with E-state index >= 15 is 0 Å². The standard InChI is InChI=1S/C14H17N/c1-11-7-6-10-13(15-2)14(11)12-8-4-3-5-9-12/h3-4,6-8,10,15H,5,9H2,1-2H3. The van der Waals surface area contributed by atoms with E-state index in [4.69, 9.17) is 0 Å². The topological polar surface area (TPSA) is 12.0 Å². The molecule has 1 N–H and O–H groups in total. The number of aryl methyl sites for hydroxylation is 1. The quantitative estimate of drug-likeness (QED) is 0.764. The third kappa shape index (κ3) is 1.96. The summed E-state index contributed by atoms with van der Waals surface area (Å²) in [5.74, 6) is 0. The van der Waals surface area contributed by atoms with Crippen LogP contribution < -0.4 is 5.32 Å². The Morgan fingerprint density at radius 2 is 2.13 bits per heavy atom. The van der Waals surface area contributed by atoms with Gasteiger partial charge in [-0.1, -0.05) is 30.4 Å². The molecule has 0 saturated heterocycles. The highest BCUT2D eigenvalue weighted by molar-refractivity contribution is 5.80. The van der Waals surface area contributed by atoms with Gasteiger partial charge in [-0.25, -0.2) is 0 Å². The van der Waals surface area contributed by atoms with Gasteiger partial charge in [-0.3, -0.25) is 0 Å². The van der Waals surface area contributed by atoms with Gasteiger partial charge in [-0.15, -0.1) is 0 Å². The number of benzene rings is 1. The van der Waals surface area contributed by atoms with Crippen molar-refractivity contribution >= 4 is 11.3 Å². The van der Waals surface area contributed by atoms with Gasteiger partial charge in [-0.2, -0.15) is 0 Å². The van der Waals surface area contributed by atoms with Crippen molar-refractivity contribution in [2.75, 3.05) is 12.4 Å². The molecular weight excluding hydrogens is 182 g/mol. The summed E-state index contributed by atoms with van der Waals surface area (Å²) >= 11 is 0. The van der Waals surface area contributed by atoms with Crippen LogP contribution in [-0.2, 0) is 0 Å². The van der Waals surface area contributed by atoms with E-state index in [0.29, 0.717) is 0 Å². The van der Waals surface area contributed by atoms with Crippen LogP contribution in [0, 0.1) is 6.92 Å². The lowest BCUT2D eigenvalue weighted by Gasteiger charge is -2.16. The number of allylic oxidation sites excluding steroid dienone is 4. The Kier molecular flexibility index (Phi) is 2.91. The first kappa shape index (κ1) is 10.0. The maximum Gasteiger partial charge on any atom is 0.0416 e. The van der Waals surface area contributed by atoms with Gasteiger partial charge in [0.05, 0.1) is 0 Å². The molecule has 0 atom stereocenters. The monoisotopic (exact) mass is 199 g/mol. The predicted octanol–water partition coefficient (Wildman–Crippen LogP) is 3.77. The van der Waals surface area contributed by atoms with Crippen LogP contribution in [0.2, 0.25) is 0 Å². The maximum absolute atomic E-state index is 3.27. The molecule has 0 saturated carbocycles. The lowest BCUT2D eigenvalue weighted by molar-refractivity contribution is 1.05. The molecule has 0 aliphatic heterocycles. The third-order valence-electron chi connectivity index (χ3n) is 2.88. The summed E-state index contributed by atoms with van der Waals surface area (Å²) in [6.45, 7) is 2.18. The Hall–Kier alpha value is -1.50. The molecule has 2 rings (SSSR count). The molecule has 15 heavy (non-hydrogen) atoms. The van der Waals surface area contributed by atoms with E-state index in [9.17, 15) is 0 Å². The first-order valence-electron chi connectivity index (χ1n) is 5.46. The maximum atomic E-state index is 3.27. The van der Waals surface area contributed by atoms with Crippen LogP contribution in [0.3, 0.4) is 0 Å². The highest BCUT2D eigenvalue weighted by Crippen LogP contribution is 2.31. The van der Waals surface area contributed by atoms with Gasteiger partial charge >= 0.3 is 0 Å². The second-order valence-electron chi connectivity index (χ2n) is 3.91. The summed E-state index contributed by atoms with van der Waals surface area (Å²) in [5, 5.41) is 3.27. The molecule has 1 aliphatic rings. The highest BCUT2D eigenvalue weighted by Gasteiger charge is 2.10. The molecule has 1 nitrogen and oxygen atoms in total. The fourth-order valence-electron chi connectivity index (χ4n) is 2.11. The van der Waals surface area contributed by atoms with E-state index in [2.05, 4.69) is 48.7 Å². The van der Waals surface area contributed by atoms with Gasteiger partial charge in [-0.05, 0) is 37.0 Å². The van der Waals surface area contributed by atoms with Crippen LogP contribution in [-0.4, -0.2) is 7.05 Å². The smallest absolute Gasteiger partial charge is 0.0416 e. The molecule has 78 valence electrons. The van der Waals surface area contributed by atoms with Crippen LogP contribution in [0.25, 0.3) is 5.57 Å². The second-order valence-corrected chi connectivity index (χ2v) is 3.91. The zero-order valence-corrected chi connectivity index (χ0v) is 9.38. The molecule has 0 aromatic heterocycles. The number of hydrogen-bond acceptors (Lipinski definition) is 1.